The van der Waals surface area contributed by atoms with E-state index in [1.165, 1.54) is 33.3 Å². The van der Waals surface area contributed by atoms with Crippen molar-refractivity contribution in [3.05, 3.63) is 66.1 Å². The molecule has 4 rings (SSSR count). The van der Waals surface area contributed by atoms with Crippen LogP contribution < -0.4 is 10.2 Å². The van der Waals surface area contributed by atoms with Gasteiger partial charge >= 0.3 is 0 Å². The predicted octanol–water partition coefficient (Wildman–Crippen LogP) is 2.29. The lowest BCUT2D eigenvalue weighted by Gasteiger charge is -2.36. The van der Waals surface area contributed by atoms with Crippen molar-refractivity contribution < 1.29 is 14.7 Å². The van der Waals surface area contributed by atoms with Crippen LogP contribution in [-0.4, -0.2) is 51.8 Å². The third kappa shape index (κ3) is 3.42. The molecule has 2 amide bonds. The highest BCUT2D eigenvalue weighted by Gasteiger charge is 2.36. The lowest BCUT2D eigenvalue weighted by atomic mass is 10.0. The Morgan fingerprint density at radius 1 is 1.10 bits per heavy atom. The second kappa shape index (κ2) is 7.64. The number of rotatable bonds is 4. The minimum absolute atomic E-state index is 0.0641. The van der Waals surface area contributed by atoms with Crippen molar-refractivity contribution in [3.8, 4) is 11.1 Å². The number of benzene rings is 2. The maximum Gasteiger partial charge on any atom is 0.277 e. The van der Waals surface area contributed by atoms with Crippen LogP contribution in [0.3, 0.4) is 0 Å². The Morgan fingerprint density at radius 2 is 1.80 bits per heavy atom. The molecule has 0 fully saturated rings. The molecule has 2 heterocycles. The van der Waals surface area contributed by atoms with Gasteiger partial charge in [0.25, 0.3) is 5.91 Å². The summed E-state index contributed by atoms with van der Waals surface area (Å²) in [5.41, 5.74) is 4.35. The van der Waals surface area contributed by atoms with Gasteiger partial charge in [0, 0.05) is 19.8 Å². The highest BCUT2D eigenvalue weighted by molar-refractivity contribution is 6.00. The van der Waals surface area contributed by atoms with Crippen LogP contribution in [-0.2, 0) is 11.3 Å². The zero-order valence-corrected chi connectivity index (χ0v) is 17.0. The smallest absolute Gasteiger partial charge is 0.277 e. The lowest BCUT2D eigenvalue weighted by molar-refractivity contribution is -0.116. The first kappa shape index (κ1) is 19.7. The van der Waals surface area contributed by atoms with Crippen molar-refractivity contribution in [2.24, 2.45) is 0 Å². The van der Waals surface area contributed by atoms with Crippen molar-refractivity contribution in [1.29, 1.82) is 0 Å². The monoisotopic (exact) mass is 405 g/mol. The number of amides is 2. The molecule has 0 aliphatic carbocycles. The molecule has 154 valence electrons. The summed E-state index contributed by atoms with van der Waals surface area (Å²) < 4.78 is 1.49. The summed E-state index contributed by atoms with van der Waals surface area (Å²) in [7, 11) is 3.14. The van der Waals surface area contributed by atoms with Crippen LogP contribution in [0.4, 0.5) is 11.5 Å². The van der Waals surface area contributed by atoms with Gasteiger partial charge in [0.2, 0.25) is 12.3 Å². The van der Waals surface area contributed by atoms with E-state index in [2.05, 4.69) is 29.4 Å². The number of hydrogen-bond donors (Lipinski definition) is 2. The number of nitrogens with one attached hydrogen (secondary N) is 1. The van der Waals surface area contributed by atoms with E-state index in [0.29, 0.717) is 11.5 Å². The van der Waals surface area contributed by atoms with E-state index < -0.39 is 6.35 Å². The molecule has 3 aromatic rings. The molecule has 2 aromatic carbocycles. The second-order valence-electron chi connectivity index (χ2n) is 7.36. The number of aliphatic hydroxyl groups is 1. The fourth-order valence-electron chi connectivity index (χ4n) is 3.59. The molecule has 1 unspecified atom stereocenters. The Bertz CT molecular complexity index is 1110. The van der Waals surface area contributed by atoms with E-state index in [4.69, 9.17) is 0 Å². The summed E-state index contributed by atoms with van der Waals surface area (Å²) >= 11 is 0. The molecule has 0 bridgehead atoms. The Balaban J connectivity index is 1.48. The SMILES string of the molecule is Cc1ccccc1-c1ccc(NC(=O)Cn2cnc3c2C(=O)N(C)C(O)N3C)cc1. The van der Waals surface area contributed by atoms with Crippen molar-refractivity contribution in [1.82, 2.24) is 14.5 Å². The van der Waals surface area contributed by atoms with Crippen LogP contribution >= 0.6 is 0 Å². The van der Waals surface area contributed by atoms with E-state index in [0.717, 1.165) is 11.1 Å². The molecular weight excluding hydrogens is 382 g/mol. The van der Waals surface area contributed by atoms with Gasteiger partial charge < -0.3 is 19.9 Å². The van der Waals surface area contributed by atoms with Crippen molar-refractivity contribution >= 4 is 23.3 Å². The van der Waals surface area contributed by atoms with E-state index in [9.17, 15) is 14.7 Å². The van der Waals surface area contributed by atoms with Gasteiger partial charge in [0.05, 0.1) is 6.33 Å². The van der Waals surface area contributed by atoms with Crippen LogP contribution in [0, 0.1) is 6.92 Å². The van der Waals surface area contributed by atoms with E-state index in [1.54, 1.807) is 7.05 Å². The summed E-state index contributed by atoms with van der Waals surface area (Å²) in [6, 6.07) is 15.8. The van der Waals surface area contributed by atoms with Gasteiger partial charge in [-0.05, 0) is 35.7 Å². The highest BCUT2D eigenvalue weighted by Crippen LogP contribution is 2.27. The molecule has 0 saturated heterocycles. The quantitative estimate of drug-likeness (QED) is 0.695. The Labute approximate surface area is 174 Å². The lowest BCUT2D eigenvalue weighted by Crippen LogP contribution is -2.52. The van der Waals surface area contributed by atoms with Crippen LogP contribution in [0.25, 0.3) is 11.1 Å². The number of imidazole rings is 1. The Kier molecular flexibility index (Phi) is 5.01. The average Bonchev–Trinajstić information content (AvgIpc) is 3.15. The number of anilines is 2. The van der Waals surface area contributed by atoms with Gasteiger partial charge in [-0.15, -0.1) is 0 Å². The zero-order chi connectivity index (χ0) is 21.4. The number of carbonyl (C=O) groups excluding carboxylic acids is 2. The number of nitrogens with zero attached hydrogens (tertiary/aromatic N) is 4. The maximum absolute atomic E-state index is 12.6. The van der Waals surface area contributed by atoms with Crippen LogP contribution in [0.1, 0.15) is 16.1 Å². The molecule has 1 aliphatic rings. The number of fused-ring (bicyclic) bond motifs is 1. The topological polar surface area (TPSA) is 90.7 Å². The molecule has 0 radical (unpaired) electrons. The van der Waals surface area contributed by atoms with Gasteiger partial charge in [-0.2, -0.15) is 0 Å². The van der Waals surface area contributed by atoms with Crippen LogP contribution in [0.2, 0.25) is 0 Å². The number of aliphatic hydroxyl groups excluding tert-OH is 1. The number of aromatic nitrogens is 2. The summed E-state index contributed by atoms with van der Waals surface area (Å²) in [5.74, 6) is -0.312. The third-order valence-electron chi connectivity index (χ3n) is 5.31. The maximum atomic E-state index is 12.6. The van der Waals surface area contributed by atoms with Crippen molar-refractivity contribution in [2.45, 2.75) is 19.8 Å². The Hall–Kier alpha value is -3.65. The molecule has 0 saturated carbocycles. The first-order chi connectivity index (χ1) is 14.4. The molecule has 2 N–H and O–H groups in total. The summed E-state index contributed by atoms with van der Waals surface area (Å²) in [4.78, 5) is 32.0. The van der Waals surface area contributed by atoms with E-state index >= 15 is 0 Å². The minimum atomic E-state index is -1.09. The average molecular weight is 405 g/mol. The molecule has 8 nitrogen and oxygen atoms in total. The zero-order valence-electron chi connectivity index (χ0n) is 17.0. The van der Waals surface area contributed by atoms with Crippen molar-refractivity contribution in [2.75, 3.05) is 24.3 Å². The minimum Gasteiger partial charge on any atom is -0.356 e. The van der Waals surface area contributed by atoms with Crippen LogP contribution in [0.15, 0.2) is 54.9 Å². The standard InChI is InChI=1S/C22H23N5O3/c1-14-6-4-5-7-17(14)15-8-10-16(11-9-15)24-18(28)12-27-13-23-20-19(27)21(29)26(3)22(30)25(20)2/h4-11,13,22,30H,12H2,1-3H3,(H,24,28). The summed E-state index contributed by atoms with van der Waals surface area (Å²) in [6.45, 7) is 2.00. The fourth-order valence-corrected chi connectivity index (χ4v) is 3.59. The Morgan fingerprint density at radius 3 is 2.50 bits per heavy atom. The van der Waals surface area contributed by atoms with Gasteiger partial charge in [0.1, 0.15) is 6.54 Å². The molecular formula is C22H23N5O3. The van der Waals surface area contributed by atoms with E-state index in [1.807, 2.05) is 36.4 Å². The van der Waals surface area contributed by atoms with E-state index in [-0.39, 0.29) is 24.1 Å². The normalized spacial score (nSPS) is 15.9. The molecule has 8 heteroatoms. The molecule has 0 spiro atoms. The molecule has 1 aromatic heterocycles. The van der Waals surface area contributed by atoms with Gasteiger partial charge in [-0.1, -0.05) is 36.4 Å². The van der Waals surface area contributed by atoms with Gasteiger partial charge in [-0.3, -0.25) is 14.5 Å². The van der Waals surface area contributed by atoms with Gasteiger partial charge in [-0.25, -0.2) is 4.98 Å². The second-order valence-corrected chi connectivity index (χ2v) is 7.36. The third-order valence-corrected chi connectivity index (χ3v) is 5.31. The summed E-state index contributed by atoms with van der Waals surface area (Å²) in [5, 5.41) is 12.9. The first-order valence-corrected chi connectivity index (χ1v) is 9.56. The number of aryl methyl sites for hydroxylation is 1. The van der Waals surface area contributed by atoms with Crippen molar-refractivity contribution in [3.63, 3.8) is 0 Å². The first-order valence-electron chi connectivity index (χ1n) is 9.56. The highest BCUT2D eigenvalue weighted by atomic mass is 16.3. The molecule has 1 aliphatic heterocycles. The predicted molar refractivity (Wildman–Crippen MR) is 114 cm³/mol. The molecule has 30 heavy (non-hydrogen) atoms. The number of hydrogen-bond acceptors (Lipinski definition) is 5. The summed E-state index contributed by atoms with van der Waals surface area (Å²) in [6.07, 6.45) is 0.347. The molecule has 1 atom stereocenters. The number of carbonyl (C=O) groups is 2. The van der Waals surface area contributed by atoms with Crippen LogP contribution in [0.5, 0.6) is 0 Å². The van der Waals surface area contributed by atoms with Gasteiger partial charge in [0.15, 0.2) is 11.5 Å². The fraction of sp³-hybridized carbons (Fsp3) is 0.227. The largest absolute Gasteiger partial charge is 0.356 e.